The average molecular weight is 349 g/mol. The minimum atomic E-state index is -4.64. The molecule has 0 fully saturated rings. The summed E-state index contributed by atoms with van der Waals surface area (Å²) in [6.07, 6.45) is -2.11. The lowest BCUT2D eigenvalue weighted by molar-refractivity contribution is -0.138. The Balaban J connectivity index is 2.32. The summed E-state index contributed by atoms with van der Waals surface area (Å²) in [6, 6.07) is 2.80. The molecule has 23 heavy (non-hydrogen) atoms. The van der Waals surface area contributed by atoms with Crippen LogP contribution in [0, 0.1) is 6.92 Å². The van der Waals surface area contributed by atoms with Crippen LogP contribution in [0.4, 0.5) is 18.9 Å². The third-order valence-electron chi connectivity index (χ3n) is 3.04. The Morgan fingerprint density at radius 2 is 2.04 bits per heavy atom. The summed E-state index contributed by atoms with van der Waals surface area (Å²) in [6.45, 7) is 1.25. The topological polar surface area (TPSA) is 84.2 Å². The van der Waals surface area contributed by atoms with Gasteiger partial charge in [0.25, 0.3) is 10.0 Å². The minimum absolute atomic E-state index is 0.0628. The predicted molar refractivity (Wildman–Crippen MR) is 76.3 cm³/mol. The average Bonchev–Trinajstić information content (AvgIpc) is 2.84. The zero-order chi connectivity index (χ0) is 17.3. The zero-order valence-corrected chi connectivity index (χ0v) is 12.8. The number of rotatable bonds is 5. The molecular formula is C13H14F3N3O3S. The van der Waals surface area contributed by atoms with Crippen molar-refractivity contribution in [1.82, 2.24) is 9.78 Å². The maximum atomic E-state index is 12.9. The number of hydrogen-bond acceptors (Lipinski definition) is 4. The Morgan fingerprint density at radius 3 is 2.65 bits per heavy atom. The van der Waals surface area contributed by atoms with Crippen LogP contribution in [-0.2, 0) is 22.7 Å². The summed E-state index contributed by atoms with van der Waals surface area (Å²) in [5, 5.41) is 12.6. The molecular weight excluding hydrogens is 335 g/mol. The third kappa shape index (κ3) is 4.02. The van der Waals surface area contributed by atoms with E-state index in [1.54, 1.807) is 0 Å². The van der Waals surface area contributed by atoms with Gasteiger partial charge in [0.15, 0.2) is 0 Å². The number of alkyl halides is 3. The first-order valence-corrected chi connectivity index (χ1v) is 7.96. The maximum absolute atomic E-state index is 12.9. The van der Waals surface area contributed by atoms with Crippen molar-refractivity contribution in [3.63, 3.8) is 0 Å². The fraction of sp³-hybridized carbons (Fsp3) is 0.308. The van der Waals surface area contributed by atoms with Crippen molar-refractivity contribution in [2.24, 2.45) is 0 Å². The van der Waals surface area contributed by atoms with E-state index in [9.17, 15) is 21.6 Å². The first kappa shape index (κ1) is 17.3. The van der Waals surface area contributed by atoms with Crippen LogP contribution in [0.5, 0.6) is 0 Å². The van der Waals surface area contributed by atoms with Crippen molar-refractivity contribution in [2.45, 2.75) is 24.5 Å². The molecule has 2 rings (SSSR count). The molecule has 0 aliphatic rings. The van der Waals surface area contributed by atoms with Crippen molar-refractivity contribution >= 4 is 15.7 Å². The number of halogens is 3. The van der Waals surface area contributed by atoms with Gasteiger partial charge in [0.2, 0.25) is 0 Å². The highest BCUT2D eigenvalue weighted by molar-refractivity contribution is 7.92. The molecule has 1 heterocycles. The molecule has 126 valence electrons. The van der Waals surface area contributed by atoms with Crippen molar-refractivity contribution in [3.05, 3.63) is 41.7 Å². The van der Waals surface area contributed by atoms with Crippen LogP contribution in [0.1, 0.15) is 11.1 Å². The van der Waals surface area contributed by atoms with Crippen LogP contribution < -0.4 is 4.72 Å². The van der Waals surface area contributed by atoms with E-state index >= 15 is 0 Å². The molecule has 0 spiro atoms. The first-order valence-electron chi connectivity index (χ1n) is 6.47. The molecule has 0 saturated heterocycles. The lowest BCUT2D eigenvalue weighted by atomic mass is 10.1. The number of aliphatic hydroxyl groups is 1. The summed E-state index contributed by atoms with van der Waals surface area (Å²) in [4.78, 5) is -0.495. The number of nitrogens with one attached hydrogen (secondary N) is 1. The number of sulfonamides is 1. The number of anilines is 1. The quantitative estimate of drug-likeness (QED) is 0.865. The molecule has 6 nitrogen and oxygen atoms in total. The summed E-state index contributed by atoms with van der Waals surface area (Å²) in [5.74, 6) is 0. The van der Waals surface area contributed by atoms with Gasteiger partial charge in [-0.15, -0.1) is 0 Å². The van der Waals surface area contributed by atoms with Crippen molar-refractivity contribution < 1.29 is 26.7 Å². The molecule has 1 aromatic heterocycles. The van der Waals surface area contributed by atoms with E-state index in [-0.39, 0.29) is 24.4 Å². The molecule has 0 radical (unpaired) electrons. The van der Waals surface area contributed by atoms with E-state index in [1.807, 2.05) is 0 Å². The van der Waals surface area contributed by atoms with Gasteiger partial charge in [0.05, 0.1) is 35.5 Å². The Hall–Kier alpha value is -2.07. The van der Waals surface area contributed by atoms with E-state index < -0.39 is 26.7 Å². The molecule has 0 atom stereocenters. The Bertz CT molecular complexity index is 800. The first-order chi connectivity index (χ1) is 10.6. The van der Waals surface area contributed by atoms with Gasteiger partial charge in [0, 0.05) is 6.20 Å². The largest absolute Gasteiger partial charge is 0.416 e. The molecule has 10 heteroatoms. The zero-order valence-electron chi connectivity index (χ0n) is 12.0. The van der Waals surface area contributed by atoms with Crippen LogP contribution in [0.25, 0.3) is 0 Å². The second-order valence-electron chi connectivity index (χ2n) is 4.80. The Kier molecular flexibility index (Phi) is 4.66. The number of nitrogens with zero attached hydrogens (tertiary/aromatic N) is 2. The monoisotopic (exact) mass is 349 g/mol. The molecule has 0 unspecified atom stereocenters. The number of aromatic nitrogens is 2. The highest BCUT2D eigenvalue weighted by atomic mass is 32.2. The van der Waals surface area contributed by atoms with Gasteiger partial charge in [0.1, 0.15) is 0 Å². The molecule has 0 saturated carbocycles. The van der Waals surface area contributed by atoms with Gasteiger partial charge in [-0.25, -0.2) is 8.42 Å². The van der Waals surface area contributed by atoms with Crippen LogP contribution in [-0.4, -0.2) is 29.9 Å². The highest BCUT2D eigenvalue weighted by Gasteiger charge is 2.33. The smallest absolute Gasteiger partial charge is 0.394 e. The number of benzene rings is 1. The summed E-state index contributed by atoms with van der Waals surface area (Å²) in [5.41, 5.74) is -0.976. The minimum Gasteiger partial charge on any atom is -0.394 e. The van der Waals surface area contributed by atoms with Gasteiger partial charge in [-0.1, -0.05) is 6.07 Å². The van der Waals surface area contributed by atoms with Gasteiger partial charge in [-0.05, 0) is 24.6 Å². The number of hydrogen-bond donors (Lipinski definition) is 2. The second kappa shape index (κ2) is 6.20. The molecule has 2 aromatic rings. The summed E-state index contributed by atoms with van der Waals surface area (Å²) >= 11 is 0. The van der Waals surface area contributed by atoms with Crippen molar-refractivity contribution in [3.8, 4) is 0 Å². The van der Waals surface area contributed by atoms with Gasteiger partial charge in [-0.2, -0.15) is 18.3 Å². The van der Waals surface area contributed by atoms with Crippen molar-refractivity contribution in [1.29, 1.82) is 0 Å². The summed E-state index contributed by atoms with van der Waals surface area (Å²) in [7, 11) is -4.18. The van der Waals surface area contributed by atoms with Crippen LogP contribution >= 0.6 is 0 Å². The van der Waals surface area contributed by atoms with Crippen LogP contribution in [0.15, 0.2) is 35.5 Å². The standard InChI is InChI=1S/C13H14F3N3O3S/c1-9-2-3-11(6-12(9)13(14,15)16)23(21,22)18-10-7-17-19(8-10)4-5-20/h2-3,6-8,18,20H,4-5H2,1H3. The molecule has 1 aromatic carbocycles. The van der Waals surface area contributed by atoms with Gasteiger partial charge < -0.3 is 5.11 Å². The summed E-state index contributed by atoms with van der Waals surface area (Å²) < 4.78 is 66.5. The van der Waals surface area contributed by atoms with Crippen LogP contribution in [0.2, 0.25) is 0 Å². The molecule has 0 bridgehead atoms. The normalized spacial score (nSPS) is 12.4. The number of aryl methyl sites for hydroxylation is 1. The molecule has 0 aliphatic carbocycles. The SMILES string of the molecule is Cc1ccc(S(=O)(=O)Nc2cnn(CCO)c2)cc1C(F)(F)F. The van der Waals surface area contributed by atoms with Gasteiger partial charge in [-0.3, -0.25) is 9.40 Å². The van der Waals surface area contributed by atoms with E-state index in [0.717, 1.165) is 12.1 Å². The molecule has 0 aliphatic heterocycles. The Labute approximate surface area is 130 Å². The highest BCUT2D eigenvalue weighted by Crippen LogP contribution is 2.33. The maximum Gasteiger partial charge on any atom is 0.416 e. The van der Waals surface area contributed by atoms with Crippen molar-refractivity contribution in [2.75, 3.05) is 11.3 Å². The van der Waals surface area contributed by atoms with E-state index in [1.165, 1.54) is 24.0 Å². The fourth-order valence-corrected chi connectivity index (χ4v) is 2.98. The molecule has 0 amide bonds. The number of aliphatic hydroxyl groups excluding tert-OH is 1. The predicted octanol–water partition coefficient (Wildman–Crippen LogP) is 2.00. The van der Waals surface area contributed by atoms with E-state index in [0.29, 0.717) is 6.07 Å². The Morgan fingerprint density at radius 1 is 1.35 bits per heavy atom. The van der Waals surface area contributed by atoms with Crippen LogP contribution in [0.3, 0.4) is 0 Å². The van der Waals surface area contributed by atoms with Gasteiger partial charge >= 0.3 is 6.18 Å². The van der Waals surface area contributed by atoms with E-state index in [4.69, 9.17) is 5.11 Å². The van der Waals surface area contributed by atoms with E-state index in [2.05, 4.69) is 9.82 Å². The molecule has 2 N–H and O–H groups in total. The lowest BCUT2D eigenvalue weighted by Crippen LogP contribution is -2.15. The fourth-order valence-electron chi connectivity index (χ4n) is 1.93. The third-order valence-corrected chi connectivity index (χ3v) is 4.42. The second-order valence-corrected chi connectivity index (χ2v) is 6.48. The lowest BCUT2D eigenvalue weighted by Gasteiger charge is -2.12.